The predicted octanol–water partition coefficient (Wildman–Crippen LogP) is 1.62. The van der Waals surface area contributed by atoms with E-state index in [9.17, 15) is 18.0 Å². The van der Waals surface area contributed by atoms with E-state index in [-0.39, 0.29) is 4.90 Å². The van der Waals surface area contributed by atoms with Crippen LogP contribution in [0, 0.1) is 5.92 Å². The molecule has 0 radical (unpaired) electrons. The first-order valence-corrected chi connectivity index (χ1v) is 9.78. The number of Topliss-reactive ketones (excluding diaryl/α,β-unsaturated/α-hetero) is 1. The van der Waals surface area contributed by atoms with Crippen molar-refractivity contribution in [1.82, 2.24) is 10.0 Å². The highest BCUT2D eigenvalue weighted by atomic mass is 32.2. The molecule has 1 aliphatic carbocycles. The molecule has 0 saturated heterocycles. The van der Waals surface area contributed by atoms with Crippen molar-refractivity contribution in [1.29, 1.82) is 0 Å². The summed E-state index contributed by atoms with van der Waals surface area (Å²) < 4.78 is 26.6. The van der Waals surface area contributed by atoms with Gasteiger partial charge in [0, 0.05) is 6.54 Å². The topological polar surface area (TPSA) is 92.3 Å². The minimum Gasteiger partial charge on any atom is -0.349 e. The number of benzene rings is 1. The van der Waals surface area contributed by atoms with Crippen molar-refractivity contribution in [2.75, 3.05) is 6.54 Å². The lowest BCUT2D eigenvalue weighted by Gasteiger charge is -2.22. The molecular formula is C17H24N2O4S. The molecule has 1 aromatic carbocycles. The van der Waals surface area contributed by atoms with Crippen LogP contribution in [0.5, 0.6) is 0 Å². The molecule has 0 aromatic heterocycles. The molecule has 24 heavy (non-hydrogen) atoms. The number of ketones is 1. The lowest BCUT2D eigenvalue weighted by Crippen LogP contribution is -2.46. The standard InChI is InChI=1S/C17H24N2O4S/c1-13(19-24(22,23)15-10-6-3-7-11-15)16(20)17(21)18-12-14-8-4-2-5-9-14/h3,6-7,10-11,13-14,19H,2,4-5,8-9,12H2,1H3,(H,18,21). The van der Waals surface area contributed by atoms with Gasteiger partial charge in [0.05, 0.1) is 10.9 Å². The number of carbonyl (C=O) groups excluding carboxylic acids is 2. The van der Waals surface area contributed by atoms with Crippen LogP contribution >= 0.6 is 0 Å². The summed E-state index contributed by atoms with van der Waals surface area (Å²) in [5.41, 5.74) is 0. The van der Waals surface area contributed by atoms with Gasteiger partial charge in [-0.1, -0.05) is 37.5 Å². The summed E-state index contributed by atoms with van der Waals surface area (Å²) in [5.74, 6) is -1.10. The molecule has 1 unspecified atom stereocenters. The fourth-order valence-electron chi connectivity index (χ4n) is 2.87. The molecule has 1 amide bonds. The maximum Gasteiger partial charge on any atom is 0.289 e. The molecule has 2 N–H and O–H groups in total. The van der Waals surface area contributed by atoms with Gasteiger partial charge in [-0.2, -0.15) is 0 Å². The fourth-order valence-corrected chi connectivity index (χ4v) is 4.09. The van der Waals surface area contributed by atoms with Crippen LogP contribution in [-0.2, 0) is 19.6 Å². The van der Waals surface area contributed by atoms with Gasteiger partial charge < -0.3 is 5.32 Å². The molecule has 1 aromatic rings. The highest BCUT2D eigenvalue weighted by Gasteiger charge is 2.27. The van der Waals surface area contributed by atoms with E-state index in [4.69, 9.17) is 0 Å². The van der Waals surface area contributed by atoms with Crippen molar-refractivity contribution in [3.05, 3.63) is 30.3 Å². The van der Waals surface area contributed by atoms with Crippen LogP contribution in [0.15, 0.2) is 35.2 Å². The summed E-state index contributed by atoms with van der Waals surface area (Å²) >= 11 is 0. The van der Waals surface area contributed by atoms with Gasteiger partial charge in [0.15, 0.2) is 0 Å². The number of hydrogen-bond acceptors (Lipinski definition) is 4. The van der Waals surface area contributed by atoms with Crippen molar-refractivity contribution in [3.63, 3.8) is 0 Å². The summed E-state index contributed by atoms with van der Waals surface area (Å²) in [6, 6.07) is 6.65. The van der Waals surface area contributed by atoms with E-state index in [1.54, 1.807) is 18.2 Å². The van der Waals surface area contributed by atoms with Gasteiger partial charge in [0.2, 0.25) is 15.8 Å². The largest absolute Gasteiger partial charge is 0.349 e. The van der Waals surface area contributed by atoms with Crippen molar-refractivity contribution in [2.45, 2.75) is 50.0 Å². The molecule has 0 bridgehead atoms. The Morgan fingerprint density at radius 3 is 2.38 bits per heavy atom. The Bertz CT molecular complexity index is 667. The van der Waals surface area contributed by atoms with Gasteiger partial charge in [-0.05, 0) is 37.8 Å². The number of carbonyl (C=O) groups is 2. The molecule has 132 valence electrons. The molecule has 1 atom stereocenters. The average molecular weight is 352 g/mol. The van der Waals surface area contributed by atoms with Crippen molar-refractivity contribution in [3.8, 4) is 0 Å². The third kappa shape index (κ3) is 5.14. The van der Waals surface area contributed by atoms with Gasteiger partial charge in [0.1, 0.15) is 0 Å². The zero-order valence-electron chi connectivity index (χ0n) is 13.8. The predicted molar refractivity (Wildman–Crippen MR) is 90.8 cm³/mol. The van der Waals surface area contributed by atoms with E-state index < -0.39 is 27.8 Å². The normalized spacial score (nSPS) is 17.2. The van der Waals surface area contributed by atoms with E-state index in [0.29, 0.717) is 12.5 Å². The van der Waals surface area contributed by atoms with Gasteiger partial charge >= 0.3 is 0 Å². The maximum absolute atomic E-state index is 12.2. The van der Waals surface area contributed by atoms with Crippen LogP contribution in [0.2, 0.25) is 0 Å². The van der Waals surface area contributed by atoms with Crippen molar-refractivity contribution in [2.24, 2.45) is 5.92 Å². The number of nitrogens with one attached hydrogen (secondary N) is 2. The highest BCUT2D eigenvalue weighted by Crippen LogP contribution is 2.22. The summed E-state index contributed by atoms with van der Waals surface area (Å²) in [5, 5.41) is 2.64. The van der Waals surface area contributed by atoms with Gasteiger partial charge in [-0.3, -0.25) is 9.59 Å². The van der Waals surface area contributed by atoms with Crippen LogP contribution in [0.25, 0.3) is 0 Å². The number of hydrogen-bond donors (Lipinski definition) is 2. The second kappa shape index (κ2) is 8.39. The summed E-state index contributed by atoms with van der Waals surface area (Å²) in [4.78, 5) is 24.1. The average Bonchev–Trinajstić information content (AvgIpc) is 2.60. The molecule has 0 spiro atoms. The third-order valence-corrected chi connectivity index (χ3v) is 5.84. The smallest absolute Gasteiger partial charge is 0.289 e. The second-order valence-corrected chi connectivity index (χ2v) is 7.95. The molecule has 6 nitrogen and oxygen atoms in total. The van der Waals surface area contributed by atoms with E-state index in [2.05, 4.69) is 10.0 Å². The molecule has 1 saturated carbocycles. The quantitative estimate of drug-likeness (QED) is 0.729. The first kappa shape index (κ1) is 18.6. The molecule has 1 aliphatic rings. The number of amides is 1. The zero-order chi connectivity index (χ0) is 17.6. The van der Waals surface area contributed by atoms with E-state index in [1.165, 1.54) is 25.5 Å². The number of rotatable bonds is 7. The van der Waals surface area contributed by atoms with E-state index in [1.807, 2.05) is 0 Å². The Hall–Kier alpha value is -1.73. The lowest BCUT2D eigenvalue weighted by atomic mass is 9.89. The third-order valence-electron chi connectivity index (χ3n) is 4.28. The van der Waals surface area contributed by atoms with Gasteiger partial charge in [-0.25, -0.2) is 13.1 Å². The van der Waals surface area contributed by atoms with Crippen molar-refractivity contribution >= 4 is 21.7 Å². The van der Waals surface area contributed by atoms with E-state index >= 15 is 0 Å². The fraction of sp³-hybridized carbons (Fsp3) is 0.529. The Morgan fingerprint density at radius 1 is 1.12 bits per heavy atom. The van der Waals surface area contributed by atoms with Gasteiger partial charge in [-0.15, -0.1) is 0 Å². The van der Waals surface area contributed by atoms with Crippen LogP contribution in [0.4, 0.5) is 0 Å². The minimum atomic E-state index is -3.82. The lowest BCUT2D eigenvalue weighted by molar-refractivity contribution is -0.138. The van der Waals surface area contributed by atoms with Crippen LogP contribution < -0.4 is 10.0 Å². The first-order valence-electron chi connectivity index (χ1n) is 8.29. The molecule has 0 heterocycles. The Kier molecular flexibility index (Phi) is 6.51. The highest BCUT2D eigenvalue weighted by molar-refractivity contribution is 7.89. The minimum absolute atomic E-state index is 0.0623. The van der Waals surface area contributed by atoms with Crippen LogP contribution in [0.3, 0.4) is 0 Å². The maximum atomic E-state index is 12.2. The second-order valence-electron chi connectivity index (χ2n) is 6.23. The molecular weight excluding hydrogens is 328 g/mol. The van der Waals surface area contributed by atoms with Crippen molar-refractivity contribution < 1.29 is 18.0 Å². The van der Waals surface area contributed by atoms with Gasteiger partial charge in [0.25, 0.3) is 5.91 Å². The first-order chi connectivity index (χ1) is 11.4. The molecule has 2 rings (SSSR count). The monoisotopic (exact) mass is 352 g/mol. The SMILES string of the molecule is CC(NS(=O)(=O)c1ccccc1)C(=O)C(=O)NCC1CCCCC1. The number of sulfonamides is 1. The Balaban J connectivity index is 1.87. The summed E-state index contributed by atoms with van der Waals surface area (Å²) in [6.07, 6.45) is 5.65. The zero-order valence-corrected chi connectivity index (χ0v) is 14.6. The Labute approximate surface area is 143 Å². The van der Waals surface area contributed by atoms with Crippen LogP contribution in [-0.4, -0.2) is 32.7 Å². The molecule has 7 heteroatoms. The summed E-state index contributed by atoms with van der Waals surface area (Å²) in [7, 11) is -3.82. The van der Waals surface area contributed by atoms with E-state index in [0.717, 1.165) is 25.7 Å². The van der Waals surface area contributed by atoms with Crippen LogP contribution in [0.1, 0.15) is 39.0 Å². The Morgan fingerprint density at radius 2 is 1.75 bits per heavy atom. The molecule has 1 fully saturated rings. The molecule has 0 aliphatic heterocycles. The summed E-state index contributed by atoms with van der Waals surface area (Å²) in [6.45, 7) is 1.85.